The molecule has 4 rings (SSSR count). The van der Waals surface area contributed by atoms with Gasteiger partial charge in [0.2, 0.25) is 0 Å². The molecule has 0 saturated carbocycles. The van der Waals surface area contributed by atoms with E-state index >= 15 is 0 Å². The van der Waals surface area contributed by atoms with E-state index < -0.39 is 0 Å². The maximum atomic E-state index is 12.9. The molecule has 1 amide bonds. The molecule has 5 nitrogen and oxygen atoms in total. The zero-order valence-electron chi connectivity index (χ0n) is 14.0. The highest BCUT2D eigenvalue weighted by Gasteiger charge is 2.25. The monoisotopic (exact) mass is 354 g/mol. The molecule has 0 atom stereocenters. The van der Waals surface area contributed by atoms with Crippen LogP contribution in [0.3, 0.4) is 0 Å². The summed E-state index contributed by atoms with van der Waals surface area (Å²) in [6.07, 6.45) is 0. The maximum absolute atomic E-state index is 12.9. The van der Waals surface area contributed by atoms with Gasteiger partial charge in [-0.1, -0.05) is 35.4 Å². The Morgan fingerprint density at radius 3 is 2.64 bits per heavy atom. The number of hydrogen-bond acceptors (Lipinski definition) is 3. The second kappa shape index (κ2) is 6.41. The number of aromatic nitrogens is 2. The summed E-state index contributed by atoms with van der Waals surface area (Å²) in [5.41, 5.74) is 3.54. The fourth-order valence-corrected chi connectivity index (χ4v) is 3.55. The van der Waals surface area contributed by atoms with E-state index in [0.717, 1.165) is 40.3 Å². The number of halogens is 1. The molecule has 6 heteroatoms. The molecule has 0 bridgehead atoms. The molecule has 1 saturated heterocycles. The van der Waals surface area contributed by atoms with Crippen LogP contribution in [0.25, 0.3) is 10.9 Å². The minimum atomic E-state index is -0.0179. The van der Waals surface area contributed by atoms with Crippen molar-refractivity contribution < 1.29 is 4.79 Å². The van der Waals surface area contributed by atoms with Crippen molar-refractivity contribution >= 4 is 34.1 Å². The molecule has 2 aromatic carbocycles. The van der Waals surface area contributed by atoms with E-state index in [0.29, 0.717) is 18.8 Å². The van der Waals surface area contributed by atoms with Gasteiger partial charge in [-0.25, -0.2) is 0 Å². The lowest BCUT2D eigenvalue weighted by Gasteiger charge is -2.36. The number of anilines is 1. The standard InChI is InChI=1S/C19H19ClN4O/c1-13-6-7-16-14(12-13)18(22-21-16)19(25)24-10-8-23(9-11-24)17-5-3-2-4-15(17)20/h2-7,12H,8-11H2,1H3,(H,21,22). The van der Waals surface area contributed by atoms with Crippen molar-refractivity contribution in [3.63, 3.8) is 0 Å². The first-order valence-corrected chi connectivity index (χ1v) is 8.75. The molecule has 3 aromatic rings. The average Bonchev–Trinajstić information content (AvgIpc) is 3.05. The second-order valence-corrected chi connectivity index (χ2v) is 6.76. The number of aromatic amines is 1. The smallest absolute Gasteiger partial charge is 0.275 e. The zero-order valence-corrected chi connectivity index (χ0v) is 14.8. The molecule has 2 heterocycles. The normalized spacial score (nSPS) is 15.0. The van der Waals surface area contributed by atoms with Crippen molar-refractivity contribution in [1.82, 2.24) is 15.1 Å². The molecule has 25 heavy (non-hydrogen) atoms. The van der Waals surface area contributed by atoms with Crippen LogP contribution in [0.1, 0.15) is 16.1 Å². The van der Waals surface area contributed by atoms with Crippen LogP contribution >= 0.6 is 11.6 Å². The SMILES string of the molecule is Cc1ccc2[nH]nc(C(=O)N3CCN(c4ccccc4Cl)CC3)c2c1. The first-order valence-electron chi connectivity index (χ1n) is 8.37. The minimum absolute atomic E-state index is 0.0179. The number of carbonyl (C=O) groups excluding carboxylic acids is 1. The Morgan fingerprint density at radius 2 is 1.88 bits per heavy atom. The lowest BCUT2D eigenvalue weighted by Crippen LogP contribution is -2.49. The highest BCUT2D eigenvalue weighted by atomic mass is 35.5. The van der Waals surface area contributed by atoms with Crippen molar-refractivity contribution in [3.8, 4) is 0 Å². The Bertz CT molecular complexity index is 928. The number of fused-ring (bicyclic) bond motifs is 1. The molecule has 0 aliphatic carbocycles. The number of benzene rings is 2. The number of para-hydroxylation sites is 1. The van der Waals surface area contributed by atoms with Gasteiger partial charge >= 0.3 is 0 Å². The molecule has 0 radical (unpaired) electrons. The number of H-pyrrole nitrogens is 1. The van der Waals surface area contributed by atoms with E-state index in [4.69, 9.17) is 11.6 Å². The third-order valence-electron chi connectivity index (χ3n) is 4.68. The molecule has 0 spiro atoms. The van der Waals surface area contributed by atoms with Crippen LogP contribution in [-0.2, 0) is 0 Å². The van der Waals surface area contributed by atoms with Gasteiger partial charge < -0.3 is 9.80 Å². The Labute approximate surface area is 151 Å². The Hall–Kier alpha value is -2.53. The molecule has 1 fully saturated rings. The number of amides is 1. The van der Waals surface area contributed by atoms with E-state index in [1.165, 1.54) is 0 Å². The summed E-state index contributed by atoms with van der Waals surface area (Å²) in [5, 5.41) is 8.84. The maximum Gasteiger partial charge on any atom is 0.275 e. The van der Waals surface area contributed by atoms with Gasteiger partial charge in [-0.15, -0.1) is 0 Å². The molecule has 1 N–H and O–H groups in total. The molecular weight excluding hydrogens is 336 g/mol. The predicted octanol–water partition coefficient (Wildman–Crippen LogP) is 3.49. The van der Waals surface area contributed by atoms with Gasteiger partial charge in [0.25, 0.3) is 5.91 Å². The van der Waals surface area contributed by atoms with Crippen LogP contribution in [0, 0.1) is 6.92 Å². The van der Waals surface area contributed by atoms with Crippen LogP contribution < -0.4 is 4.90 Å². The van der Waals surface area contributed by atoms with Crippen molar-refractivity contribution in [2.75, 3.05) is 31.1 Å². The number of carbonyl (C=O) groups is 1. The van der Waals surface area contributed by atoms with E-state index in [-0.39, 0.29) is 5.91 Å². The van der Waals surface area contributed by atoms with Crippen molar-refractivity contribution in [1.29, 1.82) is 0 Å². The third kappa shape index (κ3) is 2.96. The van der Waals surface area contributed by atoms with Crippen LogP contribution in [-0.4, -0.2) is 47.2 Å². The number of nitrogens with one attached hydrogen (secondary N) is 1. The summed E-state index contributed by atoms with van der Waals surface area (Å²) in [6.45, 7) is 4.85. The molecule has 0 unspecified atom stereocenters. The number of aryl methyl sites for hydroxylation is 1. The molecular formula is C19H19ClN4O. The highest BCUT2D eigenvalue weighted by Crippen LogP contribution is 2.26. The van der Waals surface area contributed by atoms with Gasteiger partial charge in [-0.05, 0) is 31.2 Å². The Morgan fingerprint density at radius 1 is 1.12 bits per heavy atom. The fourth-order valence-electron chi connectivity index (χ4n) is 3.30. The van der Waals surface area contributed by atoms with E-state index in [1.54, 1.807) is 0 Å². The van der Waals surface area contributed by atoms with E-state index in [1.807, 2.05) is 54.3 Å². The van der Waals surface area contributed by atoms with Crippen LogP contribution in [0.15, 0.2) is 42.5 Å². The first-order chi connectivity index (χ1) is 12.1. The summed E-state index contributed by atoms with van der Waals surface area (Å²) in [4.78, 5) is 17.0. The minimum Gasteiger partial charge on any atom is -0.367 e. The summed E-state index contributed by atoms with van der Waals surface area (Å²) in [5.74, 6) is -0.0179. The molecule has 128 valence electrons. The summed E-state index contributed by atoms with van der Waals surface area (Å²) >= 11 is 6.28. The third-order valence-corrected chi connectivity index (χ3v) is 5.00. The summed E-state index contributed by atoms with van der Waals surface area (Å²) in [6, 6.07) is 13.8. The molecule has 1 aliphatic rings. The van der Waals surface area contributed by atoms with E-state index in [2.05, 4.69) is 15.1 Å². The lowest BCUT2D eigenvalue weighted by molar-refractivity contribution is 0.0743. The van der Waals surface area contributed by atoms with Gasteiger partial charge in [0.05, 0.1) is 16.2 Å². The zero-order chi connectivity index (χ0) is 17.4. The molecule has 1 aliphatic heterocycles. The highest BCUT2D eigenvalue weighted by molar-refractivity contribution is 6.33. The first kappa shape index (κ1) is 16.0. The second-order valence-electron chi connectivity index (χ2n) is 6.35. The Balaban J connectivity index is 1.51. The fraction of sp³-hybridized carbons (Fsp3) is 0.263. The number of nitrogens with zero attached hydrogens (tertiary/aromatic N) is 3. The topological polar surface area (TPSA) is 52.2 Å². The van der Waals surface area contributed by atoms with Crippen LogP contribution in [0.5, 0.6) is 0 Å². The van der Waals surface area contributed by atoms with Gasteiger partial charge in [-0.3, -0.25) is 9.89 Å². The van der Waals surface area contributed by atoms with Gasteiger partial charge in [0.1, 0.15) is 0 Å². The number of hydrogen-bond donors (Lipinski definition) is 1. The largest absolute Gasteiger partial charge is 0.367 e. The predicted molar refractivity (Wildman–Crippen MR) is 100 cm³/mol. The van der Waals surface area contributed by atoms with Gasteiger partial charge in [0.15, 0.2) is 5.69 Å². The average molecular weight is 355 g/mol. The van der Waals surface area contributed by atoms with Crippen molar-refractivity contribution in [2.45, 2.75) is 6.92 Å². The summed E-state index contributed by atoms with van der Waals surface area (Å²) in [7, 11) is 0. The van der Waals surface area contributed by atoms with Gasteiger partial charge in [-0.2, -0.15) is 5.10 Å². The van der Waals surface area contributed by atoms with Crippen molar-refractivity contribution in [2.24, 2.45) is 0 Å². The number of piperazine rings is 1. The molecule has 1 aromatic heterocycles. The summed E-state index contributed by atoms with van der Waals surface area (Å²) < 4.78 is 0. The Kier molecular flexibility index (Phi) is 4.09. The van der Waals surface area contributed by atoms with E-state index in [9.17, 15) is 4.79 Å². The lowest BCUT2D eigenvalue weighted by atomic mass is 10.1. The van der Waals surface area contributed by atoms with Crippen LogP contribution in [0.2, 0.25) is 5.02 Å². The van der Waals surface area contributed by atoms with Gasteiger partial charge in [0, 0.05) is 31.6 Å². The van der Waals surface area contributed by atoms with Crippen LogP contribution in [0.4, 0.5) is 5.69 Å². The number of rotatable bonds is 2. The van der Waals surface area contributed by atoms with Crippen molar-refractivity contribution in [3.05, 3.63) is 58.7 Å². The quantitative estimate of drug-likeness (QED) is 0.766.